The average molecular weight is 176 g/mol. The van der Waals surface area contributed by atoms with Crippen molar-refractivity contribution in [1.29, 1.82) is 0 Å². The van der Waals surface area contributed by atoms with Crippen molar-refractivity contribution in [3.63, 3.8) is 0 Å². The highest BCUT2D eigenvalue weighted by Gasteiger charge is 2.02. The van der Waals surface area contributed by atoms with E-state index >= 15 is 0 Å². The summed E-state index contributed by atoms with van der Waals surface area (Å²) in [5, 5.41) is 0. The Labute approximate surface area is 77.8 Å². The second-order valence-electron chi connectivity index (χ2n) is 2.55. The highest BCUT2D eigenvalue weighted by atomic mass is 16.5. The van der Waals surface area contributed by atoms with Gasteiger partial charge in [0.15, 0.2) is 0 Å². The van der Waals surface area contributed by atoms with Crippen LogP contribution in [-0.4, -0.2) is 5.97 Å². The van der Waals surface area contributed by atoms with E-state index in [-0.39, 0.29) is 5.97 Å². The lowest BCUT2D eigenvalue weighted by molar-refractivity contribution is 0.0662. The SMILES string of the molecule is CC/C=C\OC(=O)c1ccccc1. The Hall–Kier alpha value is -1.57. The third-order valence-electron chi connectivity index (χ3n) is 1.52. The molecule has 0 aromatic heterocycles. The fourth-order valence-electron chi connectivity index (χ4n) is 0.848. The molecule has 0 aliphatic carbocycles. The van der Waals surface area contributed by atoms with Crippen molar-refractivity contribution in [2.45, 2.75) is 13.3 Å². The van der Waals surface area contributed by atoms with Crippen LogP contribution in [0.3, 0.4) is 0 Å². The molecule has 0 spiro atoms. The normalized spacial score (nSPS) is 10.2. The quantitative estimate of drug-likeness (QED) is 0.523. The maximum atomic E-state index is 11.2. The molecule has 1 aromatic rings. The number of esters is 1. The van der Waals surface area contributed by atoms with Gasteiger partial charge in [-0.1, -0.05) is 25.1 Å². The fourth-order valence-corrected chi connectivity index (χ4v) is 0.848. The molecule has 0 aliphatic heterocycles. The lowest BCUT2D eigenvalue weighted by Crippen LogP contribution is -1.99. The van der Waals surface area contributed by atoms with Gasteiger partial charge in [0.1, 0.15) is 0 Å². The molecule has 0 radical (unpaired) electrons. The van der Waals surface area contributed by atoms with Gasteiger partial charge in [0.05, 0.1) is 11.8 Å². The lowest BCUT2D eigenvalue weighted by atomic mass is 10.2. The van der Waals surface area contributed by atoms with Crippen LogP contribution in [0.1, 0.15) is 23.7 Å². The van der Waals surface area contributed by atoms with Crippen LogP contribution < -0.4 is 0 Å². The summed E-state index contributed by atoms with van der Waals surface area (Å²) in [6, 6.07) is 8.92. The molecule has 1 aromatic carbocycles. The van der Waals surface area contributed by atoms with E-state index in [0.717, 1.165) is 6.42 Å². The molecule has 0 N–H and O–H groups in total. The van der Waals surface area contributed by atoms with E-state index in [1.54, 1.807) is 30.3 Å². The van der Waals surface area contributed by atoms with Crippen LogP contribution >= 0.6 is 0 Å². The zero-order valence-electron chi connectivity index (χ0n) is 7.57. The van der Waals surface area contributed by atoms with Crippen LogP contribution in [0, 0.1) is 0 Å². The van der Waals surface area contributed by atoms with E-state index in [1.165, 1.54) is 6.26 Å². The molecule has 0 unspecified atom stereocenters. The Morgan fingerprint density at radius 2 is 2.08 bits per heavy atom. The predicted octanol–water partition coefficient (Wildman–Crippen LogP) is 2.77. The van der Waals surface area contributed by atoms with Gasteiger partial charge in [0, 0.05) is 0 Å². The molecule has 0 saturated heterocycles. The highest BCUT2D eigenvalue weighted by Crippen LogP contribution is 2.01. The second kappa shape index (κ2) is 5.14. The van der Waals surface area contributed by atoms with Crippen LogP contribution in [0.4, 0.5) is 0 Å². The van der Waals surface area contributed by atoms with Crippen molar-refractivity contribution in [3.05, 3.63) is 48.2 Å². The number of rotatable bonds is 3. The van der Waals surface area contributed by atoms with Gasteiger partial charge in [-0.05, 0) is 24.6 Å². The highest BCUT2D eigenvalue weighted by molar-refractivity contribution is 5.89. The van der Waals surface area contributed by atoms with Crippen LogP contribution in [0.25, 0.3) is 0 Å². The van der Waals surface area contributed by atoms with Gasteiger partial charge in [-0.25, -0.2) is 4.79 Å². The largest absolute Gasteiger partial charge is 0.431 e. The van der Waals surface area contributed by atoms with E-state index in [0.29, 0.717) is 5.56 Å². The average Bonchev–Trinajstić information content (AvgIpc) is 2.19. The van der Waals surface area contributed by atoms with Crippen molar-refractivity contribution >= 4 is 5.97 Å². The maximum Gasteiger partial charge on any atom is 0.342 e. The summed E-state index contributed by atoms with van der Waals surface area (Å²) in [5.41, 5.74) is 0.572. The van der Waals surface area contributed by atoms with Gasteiger partial charge in [-0.15, -0.1) is 0 Å². The van der Waals surface area contributed by atoms with E-state index in [1.807, 2.05) is 13.0 Å². The standard InChI is InChI=1S/C11H12O2/c1-2-3-9-13-11(12)10-7-5-4-6-8-10/h3-9H,2H2,1H3/b9-3-. The van der Waals surface area contributed by atoms with Gasteiger partial charge >= 0.3 is 5.97 Å². The molecular formula is C11H12O2. The van der Waals surface area contributed by atoms with Crippen LogP contribution in [0.5, 0.6) is 0 Å². The molecule has 2 nitrogen and oxygen atoms in total. The first-order chi connectivity index (χ1) is 6.34. The number of benzene rings is 1. The van der Waals surface area contributed by atoms with Gasteiger partial charge in [0.2, 0.25) is 0 Å². The van der Waals surface area contributed by atoms with E-state index in [4.69, 9.17) is 4.74 Å². The topological polar surface area (TPSA) is 26.3 Å². The molecule has 0 aliphatic rings. The Bertz CT molecular complexity index is 288. The van der Waals surface area contributed by atoms with E-state index < -0.39 is 0 Å². The molecule has 68 valence electrons. The Morgan fingerprint density at radius 3 is 2.69 bits per heavy atom. The van der Waals surface area contributed by atoms with Crippen molar-refractivity contribution in [1.82, 2.24) is 0 Å². The summed E-state index contributed by atoms with van der Waals surface area (Å²) in [6.45, 7) is 1.98. The zero-order valence-corrected chi connectivity index (χ0v) is 7.57. The van der Waals surface area contributed by atoms with E-state index in [9.17, 15) is 4.79 Å². The van der Waals surface area contributed by atoms with Crippen molar-refractivity contribution in [2.24, 2.45) is 0 Å². The molecule has 0 fully saturated rings. The van der Waals surface area contributed by atoms with Crippen molar-refractivity contribution < 1.29 is 9.53 Å². The zero-order chi connectivity index (χ0) is 9.52. The summed E-state index contributed by atoms with van der Waals surface area (Å²) in [5.74, 6) is -0.315. The number of ether oxygens (including phenoxy) is 1. The summed E-state index contributed by atoms with van der Waals surface area (Å²) in [4.78, 5) is 11.2. The predicted molar refractivity (Wildman–Crippen MR) is 51.3 cm³/mol. The van der Waals surface area contributed by atoms with Gasteiger partial charge in [-0.2, -0.15) is 0 Å². The Balaban J connectivity index is 2.54. The number of hydrogen-bond acceptors (Lipinski definition) is 2. The summed E-state index contributed by atoms with van der Waals surface area (Å²) in [7, 11) is 0. The number of carbonyl (C=O) groups excluding carboxylic acids is 1. The molecule has 1 rings (SSSR count). The number of hydrogen-bond donors (Lipinski definition) is 0. The summed E-state index contributed by atoms with van der Waals surface area (Å²) in [6.07, 6.45) is 4.08. The van der Waals surface area contributed by atoms with Crippen LogP contribution in [-0.2, 0) is 4.74 Å². The van der Waals surface area contributed by atoms with Crippen molar-refractivity contribution in [2.75, 3.05) is 0 Å². The smallest absolute Gasteiger partial charge is 0.342 e. The molecule has 0 bridgehead atoms. The first-order valence-corrected chi connectivity index (χ1v) is 4.25. The fraction of sp³-hybridized carbons (Fsp3) is 0.182. The van der Waals surface area contributed by atoms with Crippen molar-refractivity contribution in [3.8, 4) is 0 Å². The minimum absolute atomic E-state index is 0.315. The second-order valence-corrected chi connectivity index (χ2v) is 2.55. The van der Waals surface area contributed by atoms with Crippen LogP contribution in [0.2, 0.25) is 0 Å². The summed E-state index contributed by atoms with van der Waals surface area (Å²) >= 11 is 0. The first-order valence-electron chi connectivity index (χ1n) is 4.25. The minimum Gasteiger partial charge on any atom is -0.431 e. The van der Waals surface area contributed by atoms with Gasteiger partial charge in [0.25, 0.3) is 0 Å². The summed E-state index contributed by atoms with van der Waals surface area (Å²) < 4.78 is 4.85. The van der Waals surface area contributed by atoms with Gasteiger partial charge in [-0.3, -0.25) is 0 Å². The molecule has 0 atom stereocenters. The minimum atomic E-state index is -0.315. The van der Waals surface area contributed by atoms with Crippen LogP contribution in [0.15, 0.2) is 42.7 Å². The molecule has 0 heterocycles. The third-order valence-corrected chi connectivity index (χ3v) is 1.52. The third kappa shape index (κ3) is 3.11. The Kier molecular flexibility index (Phi) is 3.76. The molecule has 0 saturated carbocycles. The Morgan fingerprint density at radius 1 is 1.38 bits per heavy atom. The number of allylic oxidation sites excluding steroid dienone is 1. The molecule has 2 heteroatoms. The lowest BCUT2D eigenvalue weighted by Gasteiger charge is -1.97. The van der Waals surface area contributed by atoms with Gasteiger partial charge < -0.3 is 4.74 Å². The monoisotopic (exact) mass is 176 g/mol. The number of carbonyl (C=O) groups is 1. The first kappa shape index (κ1) is 9.52. The maximum absolute atomic E-state index is 11.2. The molecule has 0 amide bonds. The molecule has 13 heavy (non-hydrogen) atoms. The van der Waals surface area contributed by atoms with E-state index in [2.05, 4.69) is 0 Å². The molecular weight excluding hydrogens is 164 g/mol.